The number of rotatable bonds is 8. The van der Waals surface area contributed by atoms with Crippen molar-refractivity contribution in [2.75, 3.05) is 17.2 Å². The summed E-state index contributed by atoms with van der Waals surface area (Å²) in [5, 5.41) is 9.13. The van der Waals surface area contributed by atoms with E-state index in [1.807, 2.05) is 24.3 Å². The summed E-state index contributed by atoms with van der Waals surface area (Å²) >= 11 is 7.33. The second-order valence-electron chi connectivity index (χ2n) is 10.9. The van der Waals surface area contributed by atoms with Crippen LogP contribution in [0.1, 0.15) is 43.4 Å². The summed E-state index contributed by atoms with van der Waals surface area (Å²) in [4.78, 5) is 11.5. The molecule has 4 aromatic rings. The SMILES string of the molecule is Cc1ccc(C(C)C)c(N2C(=NC(=S)NCCc3ccc(-c4ncn(-c5ccc(OC(F)(F)F)cc5)n4)cc3)SCC2C)c1. The molecule has 230 valence electrons. The molecule has 7 nitrogen and oxygen atoms in total. The van der Waals surface area contributed by atoms with Crippen LogP contribution in [0.5, 0.6) is 5.75 Å². The minimum absolute atomic E-state index is 0.295. The number of benzene rings is 3. The Hall–Kier alpha value is -3.90. The smallest absolute Gasteiger partial charge is 0.406 e. The lowest BCUT2D eigenvalue weighted by molar-refractivity contribution is -0.274. The van der Waals surface area contributed by atoms with E-state index in [1.165, 1.54) is 52.1 Å². The molecule has 1 aromatic heterocycles. The maximum Gasteiger partial charge on any atom is 0.573 e. The number of thioether (sulfide) groups is 1. The van der Waals surface area contributed by atoms with Gasteiger partial charge in [0, 0.05) is 29.6 Å². The third kappa shape index (κ3) is 7.78. The predicted molar refractivity (Wildman–Crippen MR) is 175 cm³/mol. The molecule has 1 aliphatic heterocycles. The number of anilines is 1. The van der Waals surface area contributed by atoms with Crippen molar-refractivity contribution >= 4 is 39.9 Å². The molecule has 44 heavy (non-hydrogen) atoms. The molecular formula is C32H33F3N6OS2. The molecule has 1 atom stereocenters. The normalized spacial score (nSPS) is 16.1. The third-order valence-corrected chi connectivity index (χ3v) is 8.52. The molecular weight excluding hydrogens is 606 g/mol. The fraction of sp³-hybridized carbons (Fsp3) is 0.312. The predicted octanol–water partition coefficient (Wildman–Crippen LogP) is 7.68. The fourth-order valence-corrected chi connectivity index (χ4v) is 6.24. The first-order valence-corrected chi connectivity index (χ1v) is 15.6. The van der Waals surface area contributed by atoms with E-state index >= 15 is 0 Å². The van der Waals surface area contributed by atoms with E-state index in [4.69, 9.17) is 17.2 Å². The van der Waals surface area contributed by atoms with Crippen molar-refractivity contribution in [2.45, 2.75) is 52.4 Å². The van der Waals surface area contributed by atoms with Crippen molar-refractivity contribution in [3.05, 3.63) is 89.7 Å². The lowest BCUT2D eigenvalue weighted by Crippen LogP contribution is -2.34. The molecule has 1 unspecified atom stereocenters. The quantitative estimate of drug-likeness (QED) is 0.199. The van der Waals surface area contributed by atoms with Gasteiger partial charge in [-0.2, -0.15) is 4.99 Å². The van der Waals surface area contributed by atoms with Gasteiger partial charge in [0.1, 0.15) is 12.1 Å². The molecule has 0 aliphatic carbocycles. The lowest BCUT2D eigenvalue weighted by Gasteiger charge is -2.27. The molecule has 3 aromatic carbocycles. The molecule has 2 heterocycles. The lowest BCUT2D eigenvalue weighted by atomic mass is 9.98. The number of aryl methyl sites for hydroxylation is 1. The Morgan fingerprint density at radius 3 is 2.52 bits per heavy atom. The molecule has 0 amide bonds. The Kier molecular flexibility index (Phi) is 9.59. The summed E-state index contributed by atoms with van der Waals surface area (Å²) in [7, 11) is 0. The molecule has 1 fully saturated rings. The van der Waals surface area contributed by atoms with Gasteiger partial charge in [0.2, 0.25) is 0 Å². The van der Waals surface area contributed by atoms with Gasteiger partial charge in [0.15, 0.2) is 16.1 Å². The highest BCUT2D eigenvalue weighted by molar-refractivity contribution is 8.14. The second-order valence-corrected chi connectivity index (χ2v) is 12.2. The van der Waals surface area contributed by atoms with Gasteiger partial charge >= 0.3 is 6.36 Å². The van der Waals surface area contributed by atoms with Crippen molar-refractivity contribution in [3.63, 3.8) is 0 Å². The van der Waals surface area contributed by atoms with Crippen molar-refractivity contribution < 1.29 is 17.9 Å². The van der Waals surface area contributed by atoms with E-state index < -0.39 is 6.36 Å². The van der Waals surface area contributed by atoms with Crippen LogP contribution in [0.15, 0.2) is 78.0 Å². The first-order valence-electron chi connectivity index (χ1n) is 14.2. The van der Waals surface area contributed by atoms with Crippen LogP contribution in [0.25, 0.3) is 17.1 Å². The highest BCUT2D eigenvalue weighted by atomic mass is 32.2. The zero-order valence-corrected chi connectivity index (χ0v) is 26.4. The van der Waals surface area contributed by atoms with Crippen LogP contribution in [-0.2, 0) is 6.42 Å². The molecule has 1 aliphatic rings. The Labute approximate surface area is 264 Å². The number of nitrogens with one attached hydrogen (secondary N) is 1. The summed E-state index contributed by atoms with van der Waals surface area (Å²) in [5.41, 5.74) is 6.22. The first-order chi connectivity index (χ1) is 21.0. The number of ether oxygens (including phenoxy) is 1. The first kappa shape index (κ1) is 31.5. The number of aliphatic imine (C=N–C) groups is 1. The highest BCUT2D eigenvalue weighted by Crippen LogP contribution is 2.36. The van der Waals surface area contributed by atoms with Crippen molar-refractivity contribution in [1.29, 1.82) is 0 Å². The number of alkyl halides is 3. The average molecular weight is 639 g/mol. The van der Waals surface area contributed by atoms with Gasteiger partial charge in [-0.3, -0.25) is 0 Å². The monoisotopic (exact) mass is 638 g/mol. The minimum Gasteiger partial charge on any atom is -0.406 e. The van der Waals surface area contributed by atoms with Crippen molar-refractivity contribution in [3.8, 4) is 22.8 Å². The summed E-state index contributed by atoms with van der Waals surface area (Å²) in [5.74, 6) is 1.56. The number of nitrogens with zero attached hydrogens (tertiary/aromatic N) is 5. The van der Waals surface area contributed by atoms with Crippen LogP contribution in [0.2, 0.25) is 0 Å². The molecule has 5 rings (SSSR count). The van der Waals surface area contributed by atoms with Crippen molar-refractivity contribution in [2.24, 2.45) is 4.99 Å². The molecule has 0 bridgehead atoms. The maximum atomic E-state index is 12.4. The second kappa shape index (κ2) is 13.4. The van der Waals surface area contributed by atoms with Crippen molar-refractivity contribution in [1.82, 2.24) is 20.1 Å². The average Bonchev–Trinajstić information content (AvgIpc) is 3.60. The van der Waals surface area contributed by atoms with Crippen LogP contribution >= 0.6 is 24.0 Å². The zero-order valence-electron chi connectivity index (χ0n) is 24.8. The standard InChI is InChI=1S/C32H33F3N6OS2/c1-20(2)27-14-5-21(3)17-28(27)41-22(4)18-44-31(41)38-30(43)36-16-15-23-6-8-24(9-7-23)29-37-19-40(39-29)25-10-12-26(13-11-25)42-32(33,34)35/h5-14,17,19-20,22H,15-16,18H2,1-4H3,(H,36,43). The number of amidine groups is 1. The van der Waals surface area contributed by atoms with Gasteiger partial charge in [-0.25, -0.2) is 9.67 Å². The van der Waals surface area contributed by atoms with Gasteiger partial charge in [-0.15, -0.1) is 18.3 Å². The Balaban J connectivity index is 1.17. The van der Waals surface area contributed by atoms with Gasteiger partial charge in [0.05, 0.1) is 5.69 Å². The van der Waals surface area contributed by atoms with E-state index in [1.54, 1.807) is 11.8 Å². The van der Waals surface area contributed by atoms with E-state index in [-0.39, 0.29) is 5.75 Å². The van der Waals surface area contributed by atoms with Crippen LogP contribution in [0.4, 0.5) is 18.9 Å². The number of aromatic nitrogens is 3. The third-order valence-electron chi connectivity index (χ3n) is 7.09. The molecule has 1 saturated heterocycles. The van der Waals surface area contributed by atoms with Gasteiger partial charge in [-0.1, -0.05) is 62.0 Å². The zero-order chi connectivity index (χ0) is 31.4. The number of hydrogen-bond acceptors (Lipinski definition) is 5. The summed E-state index contributed by atoms with van der Waals surface area (Å²) in [6, 6.07) is 20.3. The Bertz CT molecular complexity index is 1640. The van der Waals surface area contributed by atoms with E-state index in [2.05, 4.69) is 70.9 Å². The van der Waals surface area contributed by atoms with Gasteiger partial charge < -0.3 is 15.0 Å². The summed E-state index contributed by atoms with van der Waals surface area (Å²) in [6.45, 7) is 9.39. The molecule has 12 heteroatoms. The van der Waals surface area contributed by atoms with Gasteiger partial charge in [0.25, 0.3) is 0 Å². The molecule has 1 N–H and O–H groups in total. The van der Waals surface area contributed by atoms with Crippen LogP contribution in [0, 0.1) is 6.92 Å². The largest absolute Gasteiger partial charge is 0.573 e. The van der Waals surface area contributed by atoms with Crippen LogP contribution in [0.3, 0.4) is 0 Å². The maximum absolute atomic E-state index is 12.4. The van der Waals surface area contributed by atoms with E-state index in [0.29, 0.717) is 35.1 Å². The van der Waals surface area contributed by atoms with E-state index in [9.17, 15) is 13.2 Å². The number of halogens is 3. The van der Waals surface area contributed by atoms with Crippen LogP contribution in [-0.4, -0.2) is 49.7 Å². The fourth-order valence-electron chi connectivity index (χ4n) is 4.89. The number of thiocarbonyl (C=S) groups is 1. The Morgan fingerprint density at radius 2 is 1.84 bits per heavy atom. The Morgan fingerprint density at radius 1 is 1.11 bits per heavy atom. The van der Waals surface area contributed by atoms with Crippen LogP contribution < -0.4 is 15.0 Å². The summed E-state index contributed by atoms with van der Waals surface area (Å²) in [6.07, 6.45) is -2.47. The molecule has 0 radical (unpaired) electrons. The molecule has 0 saturated carbocycles. The van der Waals surface area contributed by atoms with E-state index in [0.717, 1.165) is 28.5 Å². The molecule has 0 spiro atoms. The number of hydrogen-bond donors (Lipinski definition) is 1. The topological polar surface area (TPSA) is 67.6 Å². The van der Waals surface area contributed by atoms with Gasteiger partial charge in [-0.05, 0) is 85.4 Å². The summed E-state index contributed by atoms with van der Waals surface area (Å²) < 4.78 is 42.7. The minimum atomic E-state index is -4.74. The highest BCUT2D eigenvalue weighted by Gasteiger charge is 2.31.